The maximum atomic E-state index is 13.6. The molecule has 0 atom stereocenters. The molecule has 4 fully saturated rings. The number of carbonyl (C=O) groups is 3. The Labute approximate surface area is 178 Å². The van der Waals surface area contributed by atoms with Gasteiger partial charge in [0.1, 0.15) is 0 Å². The highest BCUT2D eigenvalue weighted by Gasteiger charge is 2.51. The van der Waals surface area contributed by atoms with Crippen LogP contribution in [0.1, 0.15) is 44.9 Å². The van der Waals surface area contributed by atoms with Crippen LogP contribution in [0.2, 0.25) is 0 Å². The number of benzene rings is 1. The minimum atomic E-state index is -1.69. The van der Waals surface area contributed by atoms with Gasteiger partial charge in [0.2, 0.25) is 17.7 Å². The van der Waals surface area contributed by atoms with Crippen LogP contribution in [0.15, 0.2) is 12.1 Å². The zero-order valence-electron chi connectivity index (χ0n) is 17.1. The lowest BCUT2D eigenvalue weighted by Crippen LogP contribution is -2.48. The minimum absolute atomic E-state index is 0.0731. The molecule has 0 radical (unpaired) electrons. The van der Waals surface area contributed by atoms with Gasteiger partial charge in [-0.3, -0.25) is 14.4 Å². The average molecular weight is 437 g/mol. The number of nitrogens with one attached hydrogen (secondary N) is 3. The molecule has 0 aromatic heterocycles. The van der Waals surface area contributed by atoms with Gasteiger partial charge >= 0.3 is 0 Å². The van der Waals surface area contributed by atoms with Crippen LogP contribution in [0.25, 0.3) is 0 Å². The predicted octanol–water partition coefficient (Wildman–Crippen LogP) is 2.88. The molecule has 31 heavy (non-hydrogen) atoms. The first-order valence-corrected chi connectivity index (χ1v) is 10.7. The number of halogens is 3. The summed E-state index contributed by atoms with van der Waals surface area (Å²) >= 11 is 0. The highest BCUT2D eigenvalue weighted by molar-refractivity contribution is 5.95. The summed E-state index contributed by atoms with van der Waals surface area (Å²) in [5.74, 6) is -3.91. The molecule has 3 amide bonds. The van der Waals surface area contributed by atoms with Crippen molar-refractivity contribution in [3.05, 3.63) is 29.6 Å². The fourth-order valence-corrected chi connectivity index (χ4v) is 6.15. The number of amides is 3. The van der Waals surface area contributed by atoms with Gasteiger partial charge < -0.3 is 16.0 Å². The lowest BCUT2D eigenvalue weighted by molar-refractivity contribution is -0.132. The monoisotopic (exact) mass is 437 g/mol. The SMILES string of the molecule is O=C(CNC(=O)CC12CC3CC(CC(C3)C1)C2)NCC(=O)Nc1ccc(F)c(F)c1F. The van der Waals surface area contributed by atoms with E-state index in [1.165, 1.54) is 19.3 Å². The Hall–Kier alpha value is -2.58. The van der Waals surface area contributed by atoms with E-state index in [1.807, 2.05) is 0 Å². The molecule has 168 valence electrons. The molecule has 1 aromatic rings. The van der Waals surface area contributed by atoms with Crippen LogP contribution in [0.4, 0.5) is 18.9 Å². The Morgan fingerprint density at radius 1 is 0.806 bits per heavy atom. The summed E-state index contributed by atoms with van der Waals surface area (Å²) in [5, 5.41) is 6.99. The van der Waals surface area contributed by atoms with E-state index in [0.29, 0.717) is 12.5 Å². The van der Waals surface area contributed by atoms with Crippen molar-refractivity contribution in [2.45, 2.75) is 44.9 Å². The number of hydrogen-bond donors (Lipinski definition) is 3. The van der Waals surface area contributed by atoms with Gasteiger partial charge in [-0.2, -0.15) is 0 Å². The fourth-order valence-electron chi connectivity index (χ4n) is 6.15. The quantitative estimate of drug-likeness (QED) is 0.574. The maximum Gasteiger partial charge on any atom is 0.243 e. The van der Waals surface area contributed by atoms with Crippen LogP contribution < -0.4 is 16.0 Å². The van der Waals surface area contributed by atoms with Gasteiger partial charge in [0, 0.05) is 6.42 Å². The molecule has 6 nitrogen and oxygen atoms in total. The minimum Gasteiger partial charge on any atom is -0.347 e. The Kier molecular flexibility index (Phi) is 5.94. The average Bonchev–Trinajstić information content (AvgIpc) is 2.70. The van der Waals surface area contributed by atoms with Crippen molar-refractivity contribution in [2.75, 3.05) is 18.4 Å². The van der Waals surface area contributed by atoms with E-state index in [9.17, 15) is 27.6 Å². The highest BCUT2D eigenvalue weighted by atomic mass is 19.2. The molecule has 9 heteroatoms. The van der Waals surface area contributed by atoms with E-state index in [4.69, 9.17) is 0 Å². The number of carbonyl (C=O) groups excluding carboxylic acids is 3. The molecule has 0 heterocycles. The highest BCUT2D eigenvalue weighted by Crippen LogP contribution is 2.61. The zero-order chi connectivity index (χ0) is 22.2. The summed E-state index contributed by atoms with van der Waals surface area (Å²) in [5.41, 5.74) is -0.453. The molecule has 4 aliphatic rings. The summed E-state index contributed by atoms with van der Waals surface area (Å²) in [6, 6.07) is 1.57. The first kappa shape index (κ1) is 21.6. The summed E-state index contributed by atoms with van der Waals surface area (Å²) in [7, 11) is 0. The third-order valence-electron chi connectivity index (χ3n) is 6.90. The zero-order valence-corrected chi connectivity index (χ0v) is 17.1. The number of hydrogen-bond acceptors (Lipinski definition) is 3. The summed E-state index contributed by atoms with van der Waals surface area (Å²) in [4.78, 5) is 36.2. The van der Waals surface area contributed by atoms with E-state index >= 15 is 0 Å². The first-order valence-electron chi connectivity index (χ1n) is 10.7. The third-order valence-corrected chi connectivity index (χ3v) is 6.90. The van der Waals surface area contributed by atoms with Crippen LogP contribution in [-0.2, 0) is 14.4 Å². The topological polar surface area (TPSA) is 87.3 Å². The van der Waals surface area contributed by atoms with Gasteiger partial charge in [-0.25, -0.2) is 13.2 Å². The van der Waals surface area contributed by atoms with Crippen molar-refractivity contribution in [1.29, 1.82) is 0 Å². The van der Waals surface area contributed by atoms with Crippen LogP contribution in [0.3, 0.4) is 0 Å². The van der Waals surface area contributed by atoms with Crippen molar-refractivity contribution < 1.29 is 27.6 Å². The van der Waals surface area contributed by atoms with Gasteiger partial charge in [0.05, 0.1) is 18.8 Å². The Bertz CT molecular complexity index is 870. The second kappa shape index (κ2) is 8.51. The number of anilines is 1. The first-order chi connectivity index (χ1) is 14.7. The van der Waals surface area contributed by atoms with E-state index in [1.54, 1.807) is 0 Å². The van der Waals surface area contributed by atoms with Crippen molar-refractivity contribution >= 4 is 23.4 Å². The van der Waals surface area contributed by atoms with Crippen molar-refractivity contribution in [3.63, 3.8) is 0 Å². The lowest BCUT2D eigenvalue weighted by atomic mass is 9.49. The predicted molar refractivity (Wildman–Crippen MR) is 106 cm³/mol. The summed E-state index contributed by atoms with van der Waals surface area (Å²) in [6.45, 7) is -0.764. The second-order valence-electron chi connectivity index (χ2n) is 9.42. The second-order valence-corrected chi connectivity index (χ2v) is 9.42. The van der Waals surface area contributed by atoms with Gasteiger partial charge in [0.15, 0.2) is 17.5 Å². The molecule has 4 aliphatic carbocycles. The van der Waals surface area contributed by atoms with Gasteiger partial charge in [-0.1, -0.05) is 0 Å². The molecular formula is C22H26F3N3O3. The molecule has 0 unspecified atom stereocenters. The molecule has 0 aliphatic heterocycles. The Morgan fingerprint density at radius 3 is 1.97 bits per heavy atom. The van der Waals surface area contributed by atoms with Crippen LogP contribution in [0.5, 0.6) is 0 Å². The fraction of sp³-hybridized carbons (Fsp3) is 0.591. The van der Waals surface area contributed by atoms with Gasteiger partial charge in [-0.05, 0) is 73.8 Å². The third kappa shape index (κ3) is 4.85. The maximum absolute atomic E-state index is 13.6. The summed E-state index contributed by atoms with van der Waals surface area (Å²) in [6.07, 6.45) is 7.59. The molecule has 5 rings (SSSR count). The molecule has 4 saturated carbocycles. The molecule has 3 N–H and O–H groups in total. The van der Waals surface area contributed by atoms with Crippen molar-refractivity contribution in [2.24, 2.45) is 23.2 Å². The van der Waals surface area contributed by atoms with Gasteiger partial charge in [-0.15, -0.1) is 0 Å². The van der Waals surface area contributed by atoms with Crippen molar-refractivity contribution in [1.82, 2.24) is 10.6 Å². The molecule has 0 saturated heterocycles. The molecular weight excluding hydrogens is 411 g/mol. The standard InChI is InChI=1S/C22H26F3N3O3/c23-15-1-2-16(21(25)20(15)24)28-19(31)11-27-18(30)10-26-17(29)9-22-6-12-3-13(7-22)5-14(4-12)8-22/h1-2,12-14H,3-11H2,(H,26,29)(H,27,30)(H,28,31). The van der Waals surface area contributed by atoms with Crippen LogP contribution in [-0.4, -0.2) is 30.8 Å². The van der Waals surface area contributed by atoms with E-state index in [-0.39, 0.29) is 17.9 Å². The largest absolute Gasteiger partial charge is 0.347 e. The smallest absolute Gasteiger partial charge is 0.243 e. The normalized spacial score (nSPS) is 28.3. The lowest BCUT2D eigenvalue weighted by Gasteiger charge is -2.56. The van der Waals surface area contributed by atoms with Crippen LogP contribution in [0, 0.1) is 40.6 Å². The van der Waals surface area contributed by atoms with Gasteiger partial charge in [0.25, 0.3) is 0 Å². The van der Waals surface area contributed by atoms with E-state index in [0.717, 1.165) is 43.1 Å². The molecule has 4 bridgehead atoms. The van der Waals surface area contributed by atoms with E-state index < -0.39 is 41.5 Å². The molecule has 0 spiro atoms. The molecule has 1 aromatic carbocycles. The Morgan fingerprint density at radius 2 is 1.35 bits per heavy atom. The van der Waals surface area contributed by atoms with Crippen molar-refractivity contribution in [3.8, 4) is 0 Å². The van der Waals surface area contributed by atoms with Crippen LogP contribution >= 0.6 is 0 Å². The Balaban J connectivity index is 1.19. The van der Waals surface area contributed by atoms with E-state index in [2.05, 4.69) is 16.0 Å². The number of rotatable bonds is 7. The summed E-state index contributed by atoms with van der Waals surface area (Å²) < 4.78 is 39.7.